The first-order valence-corrected chi connectivity index (χ1v) is 6.02. The maximum atomic E-state index is 13.5. The fourth-order valence-electron chi connectivity index (χ4n) is 1.62. The summed E-state index contributed by atoms with van der Waals surface area (Å²) in [5.74, 6) is -0.345. The quantitative estimate of drug-likeness (QED) is 0.854. The minimum Gasteiger partial charge on any atom is -0.387 e. The van der Waals surface area contributed by atoms with Gasteiger partial charge in [0.15, 0.2) is 0 Å². The molecule has 1 N–H and O–H groups in total. The highest BCUT2D eigenvalue weighted by Crippen LogP contribution is 2.22. The van der Waals surface area contributed by atoms with Crippen molar-refractivity contribution in [3.05, 3.63) is 35.6 Å². The highest BCUT2D eigenvalue weighted by atomic mass is 19.1. The molecule has 17 heavy (non-hydrogen) atoms. The van der Waals surface area contributed by atoms with E-state index in [1.54, 1.807) is 18.2 Å². The highest BCUT2D eigenvalue weighted by Gasteiger charge is 2.24. The van der Waals surface area contributed by atoms with Crippen molar-refractivity contribution in [2.24, 2.45) is 0 Å². The van der Waals surface area contributed by atoms with Crippen LogP contribution in [0.5, 0.6) is 0 Å². The molecule has 0 aliphatic heterocycles. The smallest absolute Gasteiger partial charge is 0.129 e. The van der Waals surface area contributed by atoms with Gasteiger partial charge in [-0.2, -0.15) is 0 Å². The highest BCUT2D eigenvalue weighted by molar-refractivity contribution is 5.20. The van der Waals surface area contributed by atoms with Gasteiger partial charge in [0.1, 0.15) is 5.82 Å². The van der Waals surface area contributed by atoms with Crippen molar-refractivity contribution in [1.82, 2.24) is 4.90 Å². The number of halogens is 1. The van der Waals surface area contributed by atoms with Crippen LogP contribution in [0.25, 0.3) is 0 Å². The van der Waals surface area contributed by atoms with E-state index in [9.17, 15) is 9.50 Å². The SMILES string of the molecule is CCC(C)(C)N(C)CC(O)c1ccccc1F. The van der Waals surface area contributed by atoms with E-state index in [0.29, 0.717) is 12.1 Å². The molecule has 0 aliphatic rings. The molecule has 1 atom stereocenters. The molecule has 0 aliphatic carbocycles. The summed E-state index contributed by atoms with van der Waals surface area (Å²) < 4.78 is 13.5. The Kier molecular flexibility index (Phi) is 4.66. The topological polar surface area (TPSA) is 23.5 Å². The molecular formula is C14H22FNO. The molecule has 1 unspecified atom stereocenters. The minimum absolute atomic E-state index is 0.00619. The van der Waals surface area contributed by atoms with Crippen LogP contribution in [0.4, 0.5) is 4.39 Å². The van der Waals surface area contributed by atoms with Gasteiger partial charge in [-0.3, -0.25) is 4.90 Å². The summed E-state index contributed by atoms with van der Waals surface area (Å²) >= 11 is 0. The van der Waals surface area contributed by atoms with Gasteiger partial charge in [0, 0.05) is 17.6 Å². The fourth-order valence-corrected chi connectivity index (χ4v) is 1.62. The van der Waals surface area contributed by atoms with Crippen LogP contribution >= 0.6 is 0 Å². The number of hydrogen-bond donors (Lipinski definition) is 1. The molecule has 0 fully saturated rings. The van der Waals surface area contributed by atoms with Crippen LogP contribution in [0.15, 0.2) is 24.3 Å². The van der Waals surface area contributed by atoms with Crippen molar-refractivity contribution in [1.29, 1.82) is 0 Å². The van der Waals surface area contributed by atoms with Crippen LogP contribution in [0.1, 0.15) is 38.9 Å². The summed E-state index contributed by atoms with van der Waals surface area (Å²) in [5, 5.41) is 10.0. The third-order valence-electron chi connectivity index (χ3n) is 3.61. The van der Waals surface area contributed by atoms with E-state index in [-0.39, 0.29) is 11.4 Å². The van der Waals surface area contributed by atoms with E-state index in [4.69, 9.17) is 0 Å². The van der Waals surface area contributed by atoms with Gasteiger partial charge in [0.25, 0.3) is 0 Å². The lowest BCUT2D eigenvalue weighted by atomic mass is 9.98. The van der Waals surface area contributed by atoms with Crippen LogP contribution in [-0.2, 0) is 0 Å². The van der Waals surface area contributed by atoms with E-state index in [2.05, 4.69) is 25.7 Å². The van der Waals surface area contributed by atoms with E-state index >= 15 is 0 Å². The van der Waals surface area contributed by atoms with Gasteiger partial charge < -0.3 is 5.11 Å². The fraction of sp³-hybridized carbons (Fsp3) is 0.571. The standard InChI is InChI=1S/C14H22FNO/c1-5-14(2,3)16(4)10-13(17)11-8-6-7-9-12(11)15/h6-9,13,17H,5,10H2,1-4H3. The van der Waals surface area contributed by atoms with Gasteiger partial charge in [-0.25, -0.2) is 4.39 Å². The molecule has 1 aromatic carbocycles. The van der Waals surface area contributed by atoms with Crippen LogP contribution in [0.2, 0.25) is 0 Å². The number of aliphatic hydroxyl groups is 1. The molecule has 3 heteroatoms. The maximum absolute atomic E-state index is 13.5. The lowest BCUT2D eigenvalue weighted by Gasteiger charge is -2.36. The molecule has 0 aromatic heterocycles. The van der Waals surface area contributed by atoms with Crippen molar-refractivity contribution in [3.63, 3.8) is 0 Å². The zero-order valence-corrected chi connectivity index (χ0v) is 11.1. The lowest BCUT2D eigenvalue weighted by Crippen LogP contribution is -2.42. The van der Waals surface area contributed by atoms with Gasteiger partial charge in [0.2, 0.25) is 0 Å². The number of nitrogens with zero attached hydrogens (tertiary/aromatic N) is 1. The summed E-state index contributed by atoms with van der Waals surface area (Å²) in [7, 11) is 1.95. The molecule has 0 bridgehead atoms. The zero-order valence-electron chi connectivity index (χ0n) is 11.1. The summed E-state index contributed by atoms with van der Waals surface area (Å²) in [6.07, 6.45) is 0.194. The molecule has 0 heterocycles. The van der Waals surface area contributed by atoms with Crippen LogP contribution < -0.4 is 0 Å². The second kappa shape index (κ2) is 5.61. The van der Waals surface area contributed by atoms with Crippen molar-refractivity contribution >= 4 is 0 Å². The average Bonchev–Trinajstić information content (AvgIpc) is 2.29. The van der Waals surface area contributed by atoms with Gasteiger partial charge in [-0.15, -0.1) is 0 Å². The second-order valence-electron chi connectivity index (χ2n) is 5.08. The Bertz CT molecular complexity index is 365. The van der Waals surface area contributed by atoms with Gasteiger partial charge in [-0.05, 0) is 33.4 Å². The first kappa shape index (κ1) is 14.1. The molecular weight excluding hydrogens is 217 g/mol. The number of rotatable bonds is 5. The Hall–Kier alpha value is -0.930. The number of aliphatic hydroxyl groups excluding tert-OH is 1. The first-order valence-electron chi connectivity index (χ1n) is 6.02. The van der Waals surface area contributed by atoms with E-state index in [1.807, 2.05) is 7.05 Å². The van der Waals surface area contributed by atoms with E-state index in [1.165, 1.54) is 6.07 Å². The summed E-state index contributed by atoms with van der Waals surface area (Å²) in [5.41, 5.74) is 0.373. The summed E-state index contributed by atoms with van der Waals surface area (Å²) in [6, 6.07) is 6.38. The Morgan fingerprint density at radius 2 is 1.94 bits per heavy atom. The van der Waals surface area contributed by atoms with Gasteiger partial charge in [-0.1, -0.05) is 25.1 Å². The van der Waals surface area contributed by atoms with Gasteiger partial charge in [0.05, 0.1) is 6.10 Å². The third-order valence-corrected chi connectivity index (χ3v) is 3.61. The molecule has 96 valence electrons. The van der Waals surface area contributed by atoms with Gasteiger partial charge >= 0.3 is 0 Å². The number of hydrogen-bond acceptors (Lipinski definition) is 2. The summed E-state index contributed by atoms with van der Waals surface area (Å²) in [4.78, 5) is 2.06. The monoisotopic (exact) mass is 239 g/mol. The van der Waals surface area contributed by atoms with Crippen LogP contribution in [-0.4, -0.2) is 29.1 Å². The Labute approximate surface area is 103 Å². The third kappa shape index (κ3) is 3.51. The predicted molar refractivity (Wildman–Crippen MR) is 68.4 cm³/mol. The minimum atomic E-state index is -0.785. The van der Waals surface area contributed by atoms with Crippen molar-refractivity contribution in [2.45, 2.75) is 38.8 Å². The molecule has 0 saturated heterocycles. The van der Waals surface area contributed by atoms with Crippen molar-refractivity contribution in [2.75, 3.05) is 13.6 Å². The average molecular weight is 239 g/mol. The molecule has 0 amide bonds. The molecule has 0 spiro atoms. The van der Waals surface area contributed by atoms with Crippen molar-refractivity contribution in [3.8, 4) is 0 Å². The number of benzene rings is 1. The maximum Gasteiger partial charge on any atom is 0.129 e. The Balaban J connectivity index is 2.73. The first-order chi connectivity index (χ1) is 7.88. The zero-order chi connectivity index (χ0) is 13.1. The van der Waals surface area contributed by atoms with E-state index in [0.717, 1.165) is 6.42 Å². The lowest BCUT2D eigenvalue weighted by molar-refractivity contribution is 0.0667. The normalized spacial score (nSPS) is 14.1. The molecule has 1 aromatic rings. The number of β-amino-alcohol motifs (C(OH)–C–C–N with tert-alkyl or cyclic N) is 1. The van der Waals surface area contributed by atoms with Crippen molar-refractivity contribution < 1.29 is 9.50 Å². The van der Waals surface area contributed by atoms with E-state index < -0.39 is 6.10 Å². The van der Waals surface area contributed by atoms with Crippen LogP contribution in [0.3, 0.4) is 0 Å². The molecule has 0 saturated carbocycles. The molecule has 2 nitrogen and oxygen atoms in total. The Morgan fingerprint density at radius 1 is 1.35 bits per heavy atom. The predicted octanol–water partition coefficient (Wildman–Crippen LogP) is 2.98. The summed E-state index contributed by atoms with van der Waals surface area (Å²) in [6.45, 7) is 6.76. The number of likely N-dealkylation sites (N-methyl/N-ethyl adjacent to an activating group) is 1. The molecule has 0 radical (unpaired) electrons. The molecule has 1 rings (SSSR count). The second-order valence-corrected chi connectivity index (χ2v) is 5.08. The van der Waals surface area contributed by atoms with Crippen LogP contribution in [0, 0.1) is 5.82 Å². The largest absolute Gasteiger partial charge is 0.387 e. The Morgan fingerprint density at radius 3 is 2.47 bits per heavy atom.